The fourth-order valence-corrected chi connectivity index (χ4v) is 2.99. The van der Waals surface area contributed by atoms with E-state index >= 15 is 0 Å². The van der Waals surface area contributed by atoms with Gasteiger partial charge in [-0.1, -0.05) is 0 Å². The summed E-state index contributed by atoms with van der Waals surface area (Å²) in [5, 5.41) is 4.11. The lowest BCUT2D eigenvalue weighted by Crippen LogP contribution is -2.42. The van der Waals surface area contributed by atoms with Crippen molar-refractivity contribution in [3.63, 3.8) is 0 Å². The number of carbonyl (C=O) groups is 1. The first-order valence-corrected chi connectivity index (χ1v) is 7.38. The molecule has 1 aliphatic rings. The maximum Gasteiger partial charge on any atom is 0.446 e. The van der Waals surface area contributed by atoms with E-state index in [1.165, 1.54) is 24.3 Å². The minimum atomic E-state index is -4.32. The smallest absolute Gasteiger partial charge is 0.305 e. The van der Waals surface area contributed by atoms with Crippen LogP contribution in [0.3, 0.4) is 0 Å². The van der Waals surface area contributed by atoms with Gasteiger partial charge in [-0.25, -0.2) is 0 Å². The highest BCUT2D eigenvalue weighted by molar-refractivity contribution is 8.00. The number of hydrogen-bond donors (Lipinski definition) is 0. The molecule has 8 heteroatoms. The van der Waals surface area contributed by atoms with Crippen LogP contribution in [-0.4, -0.2) is 27.7 Å². The molecule has 0 saturated carbocycles. The number of benzene rings is 1. The number of fused-ring (bicyclic) bond motifs is 1. The minimum Gasteiger partial charge on any atom is -0.305 e. The maximum atomic E-state index is 12.4. The number of hydrogen-bond acceptors (Lipinski definition) is 3. The molecular weight excluding hydrogens is 315 g/mol. The Morgan fingerprint density at radius 2 is 1.91 bits per heavy atom. The first-order chi connectivity index (χ1) is 10.3. The van der Waals surface area contributed by atoms with Gasteiger partial charge in [0.05, 0.1) is 6.04 Å². The zero-order chi connectivity index (χ0) is 15.9. The quantitative estimate of drug-likeness (QED) is 0.789. The summed E-state index contributed by atoms with van der Waals surface area (Å²) in [6.07, 6.45) is 1.57. The van der Waals surface area contributed by atoms with Gasteiger partial charge in [-0.2, -0.15) is 18.3 Å². The molecule has 116 valence electrons. The van der Waals surface area contributed by atoms with Gasteiger partial charge in [0.15, 0.2) is 0 Å². The molecule has 0 radical (unpaired) electrons. The summed E-state index contributed by atoms with van der Waals surface area (Å²) >= 11 is -0.170. The van der Waals surface area contributed by atoms with Crippen LogP contribution in [0.1, 0.15) is 23.5 Å². The van der Waals surface area contributed by atoms with Gasteiger partial charge in [-0.3, -0.25) is 9.48 Å². The minimum absolute atomic E-state index is 0.00641. The van der Waals surface area contributed by atoms with Gasteiger partial charge < -0.3 is 4.90 Å². The van der Waals surface area contributed by atoms with Crippen molar-refractivity contribution in [1.82, 2.24) is 9.78 Å². The van der Waals surface area contributed by atoms with E-state index in [-0.39, 0.29) is 28.6 Å². The van der Waals surface area contributed by atoms with Gasteiger partial charge in [-0.05, 0) is 49.0 Å². The molecule has 4 nitrogen and oxygen atoms in total. The topological polar surface area (TPSA) is 38.1 Å². The molecule has 2 aromatic rings. The first kappa shape index (κ1) is 15.0. The molecule has 1 aromatic heterocycles. The summed E-state index contributed by atoms with van der Waals surface area (Å²) in [6.45, 7) is 2.36. The number of rotatable bonds is 2. The van der Waals surface area contributed by atoms with E-state index in [2.05, 4.69) is 5.10 Å². The third-order valence-electron chi connectivity index (χ3n) is 3.38. The summed E-state index contributed by atoms with van der Waals surface area (Å²) < 4.78 is 38.6. The molecule has 0 fully saturated rings. The molecule has 0 unspecified atom stereocenters. The predicted octanol–water partition coefficient (Wildman–Crippen LogP) is 3.72. The summed E-state index contributed by atoms with van der Waals surface area (Å²) in [4.78, 5) is 14.1. The number of carbonyl (C=O) groups excluding carboxylic acids is 1. The molecule has 1 amide bonds. The first-order valence-electron chi connectivity index (χ1n) is 6.56. The predicted molar refractivity (Wildman–Crippen MR) is 77.0 cm³/mol. The Bertz CT molecular complexity index is 696. The number of anilines is 1. The standard InChI is InChI=1S/C14H12F3N3OS/c1-9-8-19(13(21)12-6-7-18-20(9)12)10-2-4-11(5-3-10)22-14(15,16)17/h2-7,9H,8H2,1H3/t9-/m0/s1. The van der Waals surface area contributed by atoms with Crippen molar-refractivity contribution in [3.8, 4) is 0 Å². The van der Waals surface area contributed by atoms with Crippen LogP contribution < -0.4 is 4.90 Å². The van der Waals surface area contributed by atoms with Gasteiger partial charge in [-0.15, -0.1) is 0 Å². The molecule has 0 saturated heterocycles. The van der Waals surface area contributed by atoms with Gasteiger partial charge >= 0.3 is 5.51 Å². The Hall–Kier alpha value is -1.96. The Balaban J connectivity index is 1.85. The monoisotopic (exact) mass is 327 g/mol. The number of alkyl halides is 3. The third kappa shape index (κ3) is 2.83. The molecule has 1 atom stereocenters. The Morgan fingerprint density at radius 3 is 2.55 bits per heavy atom. The van der Waals surface area contributed by atoms with Crippen LogP contribution in [-0.2, 0) is 0 Å². The average molecular weight is 327 g/mol. The summed E-state index contributed by atoms with van der Waals surface area (Å²) in [5.41, 5.74) is -3.26. The van der Waals surface area contributed by atoms with Crippen LogP contribution in [0.25, 0.3) is 0 Å². The highest BCUT2D eigenvalue weighted by Crippen LogP contribution is 2.37. The second-order valence-corrected chi connectivity index (χ2v) is 6.11. The number of nitrogens with zero attached hydrogens (tertiary/aromatic N) is 3. The zero-order valence-corrected chi connectivity index (χ0v) is 12.4. The fraction of sp³-hybridized carbons (Fsp3) is 0.286. The van der Waals surface area contributed by atoms with Crippen molar-refractivity contribution in [3.05, 3.63) is 42.2 Å². The van der Waals surface area contributed by atoms with E-state index < -0.39 is 5.51 Å². The second-order valence-electron chi connectivity index (χ2n) is 4.97. The number of aromatic nitrogens is 2. The normalized spacial score (nSPS) is 18.5. The van der Waals surface area contributed by atoms with E-state index in [0.717, 1.165) is 0 Å². The Morgan fingerprint density at radius 1 is 1.23 bits per heavy atom. The molecule has 3 rings (SSSR count). The van der Waals surface area contributed by atoms with E-state index in [4.69, 9.17) is 0 Å². The fourth-order valence-electron chi connectivity index (χ4n) is 2.45. The maximum absolute atomic E-state index is 12.4. The average Bonchev–Trinajstić information content (AvgIpc) is 2.92. The Labute approximate surface area is 128 Å². The van der Waals surface area contributed by atoms with Gasteiger partial charge in [0.1, 0.15) is 5.69 Å². The van der Waals surface area contributed by atoms with Crippen molar-refractivity contribution in [2.75, 3.05) is 11.4 Å². The van der Waals surface area contributed by atoms with Crippen molar-refractivity contribution in [2.24, 2.45) is 0 Å². The molecular formula is C14H12F3N3OS. The molecule has 0 N–H and O–H groups in total. The summed E-state index contributed by atoms with van der Waals surface area (Å²) in [7, 11) is 0. The van der Waals surface area contributed by atoms with Gasteiger partial charge in [0.25, 0.3) is 5.91 Å². The van der Waals surface area contributed by atoms with Crippen LogP contribution in [0.5, 0.6) is 0 Å². The molecule has 2 heterocycles. The van der Waals surface area contributed by atoms with Crippen LogP contribution in [0, 0.1) is 0 Å². The van der Waals surface area contributed by atoms with Crippen molar-refractivity contribution in [2.45, 2.75) is 23.4 Å². The van der Waals surface area contributed by atoms with Gasteiger partial charge in [0.2, 0.25) is 0 Å². The summed E-state index contributed by atoms with van der Waals surface area (Å²) in [6, 6.07) is 7.45. The van der Waals surface area contributed by atoms with E-state index in [9.17, 15) is 18.0 Å². The van der Waals surface area contributed by atoms with Crippen LogP contribution in [0.2, 0.25) is 0 Å². The third-order valence-corrected chi connectivity index (χ3v) is 4.12. The van der Waals surface area contributed by atoms with E-state index in [1.807, 2.05) is 6.92 Å². The molecule has 0 spiro atoms. The van der Waals surface area contributed by atoms with Crippen molar-refractivity contribution < 1.29 is 18.0 Å². The zero-order valence-electron chi connectivity index (χ0n) is 11.5. The second kappa shape index (κ2) is 5.35. The highest BCUT2D eigenvalue weighted by Gasteiger charge is 2.31. The SMILES string of the molecule is C[C@H]1CN(c2ccc(SC(F)(F)F)cc2)C(=O)c2ccnn21. The molecule has 0 aliphatic carbocycles. The number of thioether (sulfide) groups is 1. The van der Waals surface area contributed by atoms with Gasteiger partial charge in [0, 0.05) is 23.3 Å². The largest absolute Gasteiger partial charge is 0.446 e. The lowest BCUT2D eigenvalue weighted by Gasteiger charge is -2.31. The lowest BCUT2D eigenvalue weighted by molar-refractivity contribution is -0.0328. The van der Waals surface area contributed by atoms with Crippen LogP contribution in [0.4, 0.5) is 18.9 Å². The van der Waals surface area contributed by atoms with Crippen LogP contribution >= 0.6 is 11.8 Å². The van der Waals surface area contributed by atoms with E-state index in [0.29, 0.717) is 17.9 Å². The highest BCUT2D eigenvalue weighted by atomic mass is 32.2. The molecule has 1 aliphatic heterocycles. The van der Waals surface area contributed by atoms with Crippen LogP contribution in [0.15, 0.2) is 41.4 Å². The van der Waals surface area contributed by atoms with Crippen molar-refractivity contribution >= 4 is 23.4 Å². The number of amides is 1. The molecule has 1 aromatic carbocycles. The number of halogens is 3. The molecule has 22 heavy (non-hydrogen) atoms. The summed E-state index contributed by atoms with van der Waals surface area (Å²) in [5.74, 6) is -0.202. The Kier molecular flexibility index (Phi) is 3.64. The van der Waals surface area contributed by atoms with Crippen molar-refractivity contribution in [1.29, 1.82) is 0 Å². The lowest BCUT2D eigenvalue weighted by atomic mass is 10.1. The van der Waals surface area contributed by atoms with E-state index in [1.54, 1.807) is 21.8 Å². The molecule has 0 bridgehead atoms.